The van der Waals surface area contributed by atoms with Gasteiger partial charge in [-0.3, -0.25) is 4.79 Å². The topological polar surface area (TPSA) is 110 Å². The van der Waals surface area contributed by atoms with Gasteiger partial charge in [0.2, 0.25) is 5.91 Å². The molecule has 14 heavy (non-hydrogen) atoms. The molecule has 0 radical (unpaired) electrons. The third-order valence-electron chi connectivity index (χ3n) is 1.60. The molecule has 0 spiro atoms. The van der Waals surface area contributed by atoms with E-state index in [-0.39, 0.29) is 6.42 Å². The standard InChI is InChI=1S/C8H15NO5/c1-2-7(13)9-3-5(11)8(14)6(12)4-10/h3,5-6,8,10-12,14H,2,4H2,1H3. The quantitative estimate of drug-likeness (QED) is 0.391. The number of carbonyl (C=O) groups excluding carboxylic acids is 1. The molecule has 3 atom stereocenters. The number of hydrogen-bond acceptors (Lipinski definition) is 5. The first-order valence-corrected chi connectivity index (χ1v) is 4.25. The van der Waals surface area contributed by atoms with Crippen LogP contribution in [0.3, 0.4) is 0 Å². The average Bonchev–Trinajstić information content (AvgIpc) is 2.22. The third-order valence-corrected chi connectivity index (χ3v) is 1.60. The highest BCUT2D eigenvalue weighted by molar-refractivity contribution is 5.86. The van der Waals surface area contributed by atoms with Crippen LogP contribution in [0.5, 0.6) is 0 Å². The van der Waals surface area contributed by atoms with Gasteiger partial charge in [0.25, 0.3) is 0 Å². The smallest absolute Gasteiger partial charge is 0.245 e. The Labute approximate surface area is 81.5 Å². The number of nitrogens with zero attached hydrogens (tertiary/aromatic N) is 1. The van der Waals surface area contributed by atoms with E-state index in [0.717, 1.165) is 6.21 Å². The van der Waals surface area contributed by atoms with E-state index in [1.807, 2.05) is 0 Å². The molecule has 0 rings (SSSR count). The van der Waals surface area contributed by atoms with E-state index in [9.17, 15) is 4.79 Å². The van der Waals surface area contributed by atoms with Gasteiger partial charge in [0.1, 0.15) is 18.3 Å². The summed E-state index contributed by atoms with van der Waals surface area (Å²) in [6.07, 6.45) is -3.42. The minimum atomic E-state index is -1.55. The van der Waals surface area contributed by atoms with Gasteiger partial charge in [0, 0.05) is 12.6 Å². The molecule has 0 aromatic carbocycles. The zero-order valence-corrected chi connectivity index (χ0v) is 7.87. The van der Waals surface area contributed by atoms with Crippen LogP contribution >= 0.6 is 0 Å². The lowest BCUT2D eigenvalue weighted by Gasteiger charge is -2.17. The highest BCUT2D eigenvalue weighted by atomic mass is 16.4. The van der Waals surface area contributed by atoms with Gasteiger partial charge >= 0.3 is 0 Å². The van der Waals surface area contributed by atoms with Crippen molar-refractivity contribution in [2.75, 3.05) is 6.61 Å². The molecule has 6 heteroatoms. The molecule has 3 unspecified atom stereocenters. The maximum Gasteiger partial charge on any atom is 0.245 e. The molecule has 0 saturated carbocycles. The van der Waals surface area contributed by atoms with E-state index in [0.29, 0.717) is 0 Å². The number of carbonyl (C=O) groups is 1. The lowest BCUT2D eigenvalue weighted by atomic mass is 10.1. The fourth-order valence-electron chi connectivity index (χ4n) is 0.675. The molecule has 82 valence electrons. The second kappa shape index (κ2) is 6.61. The van der Waals surface area contributed by atoms with Gasteiger partial charge in [0.05, 0.1) is 6.61 Å². The Morgan fingerprint density at radius 2 is 2.00 bits per heavy atom. The lowest BCUT2D eigenvalue weighted by molar-refractivity contribution is -0.117. The molecule has 0 aliphatic rings. The summed E-state index contributed by atoms with van der Waals surface area (Å²) in [5, 5.41) is 35.6. The maximum atomic E-state index is 10.7. The Hall–Kier alpha value is -0.820. The minimum Gasteiger partial charge on any atom is -0.394 e. The zero-order chi connectivity index (χ0) is 11.1. The predicted octanol–water partition coefficient (Wildman–Crippen LogP) is -1.93. The Kier molecular flexibility index (Phi) is 6.22. The molecule has 0 heterocycles. The van der Waals surface area contributed by atoms with Crippen molar-refractivity contribution in [2.45, 2.75) is 31.7 Å². The first kappa shape index (κ1) is 13.2. The summed E-state index contributed by atoms with van der Waals surface area (Å²) < 4.78 is 0. The van der Waals surface area contributed by atoms with Crippen molar-refractivity contribution < 1.29 is 25.2 Å². The number of aliphatic hydroxyl groups excluding tert-OH is 4. The number of aliphatic hydroxyl groups is 4. The molecule has 0 aliphatic heterocycles. The molecule has 0 aromatic rings. The molecule has 0 aromatic heterocycles. The van der Waals surface area contributed by atoms with Crippen LogP contribution in [-0.4, -0.2) is 57.5 Å². The number of hydrogen-bond donors (Lipinski definition) is 4. The van der Waals surface area contributed by atoms with Gasteiger partial charge in [-0.2, -0.15) is 0 Å². The summed E-state index contributed by atoms with van der Waals surface area (Å²) >= 11 is 0. The Balaban J connectivity index is 4.12. The minimum absolute atomic E-state index is 0.196. The van der Waals surface area contributed by atoms with Crippen LogP contribution in [-0.2, 0) is 4.79 Å². The van der Waals surface area contributed by atoms with E-state index in [1.54, 1.807) is 6.92 Å². The summed E-state index contributed by atoms with van der Waals surface area (Å²) in [4.78, 5) is 14.0. The predicted molar refractivity (Wildman–Crippen MR) is 48.9 cm³/mol. The summed E-state index contributed by atoms with van der Waals surface area (Å²) in [6, 6.07) is 0. The van der Waals surface area contributed by atoms with Crippen LogP contribution in [0.15, 0.2) is 4.99 Å². The number of rotatable bonds is 5. The third kappa shape index (κ3) is 4.43. The molecule has 1 amide bonds. The van der Waals surface area contributed by atoms with Crippen LogP contribution in [0.1, 0.15) is 13.3 Å². The van der Waals surface area contributed by atoms with Crippen LogP contribution in [0.25, 0.3) is 0 Å². The first-order valence-electron chi connectivity index (χ1n) is 4.25. The van der Waals surface area contributed by atoms with Gasteiger partial charge in [-0.1, -0.05) is 6.92 Å². The molecule has 0 fully saturated rings. The monoisotopic (exact) mass is 205 g/mol. The van der Waals surface area contributed by atoms with Crippen LogP contribution < -0.4 is 0 Å². The Morgan fingerprint density at radius 3 is 2.43 bits per heavy atom. The average molecular weight is 205 g/mol. The second-order valence-corrected chi connectivity index (χ2v) is 2.76. The maximum absolute atomic E-state index is 10.7. The highest BCUT2D eigenvalue weighted by Gasteiger charge is 2.22. The SMILES string of the molecule is CCC(=O)N=CC(O)C(O)C(O)CO. The highest BCUT2D eigenvalue weighted by Crippen LogP contribution is 1.98. The number of amides is 1. The van der Waals surface area contributed by atoms with Crippen LogP contribution in [0.4, 0.5) is 0 Å². The van der Waals surface area contributed by atoms with Crippen molar-refractivity contribution in [3.8, 4) is 0 Å². The summed E-state index contributed by atoms with van der Waals surface area (Å²) in [5.74, 6) is -0.435. The van der Waals surface area contributed by atoms with Gasteiger partial charge in [0.15, 0.2) is 0 Å². The Bertz CT molecular complexity index is 206. The second-order valence-electron chi connectivity index (χ2n) is 2.76. The zero-order valence-electron chi connectivity index (χ0n) is 7.87. The molecule has 6 nitrogen and oxygen atoms in total. The molecular weight excluding hydrogens is 190 g/mol. The summed E-state index contributed by atoms with van der Waals surface area (Å²) in [7, 11) is 0. The van der Waals surface area contributed by atoms with E-state index >= 15 is 0 Å². The van der Waals surface area contributed by atoms with Crippen molar-refractivity contribution >= 4 is 12.1 Å². The van der Waals surface area contributed by atoms with E-state index in [2.05, 4.69) is 4.99 Å². The van der Waals surface area contributed by atoms with Gasteiger partial charge in [-0.15, -0.1) is 0 Å². The van der Waals surface area contributed by atoms with Crippen molar-refractivity contribution in [3.05, 3.63) is 0 Å². The van der Waals surface area contributed by atoms with Crippen molar-refractivity contribution in [1.29, 1.82) is 0 Å². The number of aliphatic imine (C=N–C) groups is 1. The molecule has 0 aliphatic carbocycles. The summed E-state index contributed by atoms with van der Waals surface area (Å²) in [6.45, 7) is 0.929. The van der Waals surface area contributed by atoms with Gasteiger partial charge in [-0.05, 0) is 0 Å². The van der Waals surface area contributed by atoms with Crippen molar-refractivity contribution in [2.24, 2.45) is 4.99 Å². The fourth-order valence-corrected chi connectivity index (χ4v) is 0.675. The van der Waals surface area contributed by atoms with Crippen molar-refractivity contribution in [3.63, 3.8) is 0 Å². The first-order chi connectivity index (χ1) is 6.52. The molecule has 0 bridgehead atoms. The van der Waals surface area contributed by atoms with E-state index < -0.39 is 30.8 Å². The molecule has 4 N–H and O–H groups in total. The van der Waals surface area contributed by atoms with Crippen molar-refractivity contribution in [1.82, 2.24) is 0 Å². The lowest BCUT2D eigenvalue weighted by Crippen LogP contribution is -2.40. The van der Waals surface area contributed by atoms with E-state index in [4.69, 9.17) is 20.4 Å². The largest absolute Gasteiger partial charge is 0.394 e. The van der Waals surface area contributed by atoms with Crippen LogP contribution in [0, 0.1) is 0 Å². The molecular formula is C8H15NO5. The van der Waals surface area contributed by atoms with Gasteiger partial charge in [-0.25, -0.2) is 4.99 Å². The Morgan fingerprint density at radius 1 is 1.43 bits per heavy atom. The van der Waals surface area contributed by atoms with Gasteiger partial charge < -0.3 is 20.4 Å². The summed E-state index contributed by atoms with van der Waals surface area (Å²) in [5.41, 5.74) is 0. The normalized spacial score (nSPS) is 18.1. The molecule has 0 saturated heterocycles. The fraction of sp³-hybridized carbons (Fsp3) is 0.750. The van der Waals surface area contributed by atoms with E-state index in [1.165, 1.54) is 0 Å². The van der Waals surface area contributed by atoms with Crippen LogP contribution in [0.2, 0.25) is 0 Å².